The third-order valence-corrected chi connectivity index (χ3v) is 4.42. The predicted octanol–water partition coefficient (Wildman–Crippen LogP) is 2.18. The number of carbonyl (C=O) groups excluding carboxylic acids is 1. The number of aliphatic imine (C=N–C) groups is 1. The van der Waals surface area contributed by atoms with Crippen molar-refractivity contribution in [2.24, 2.45) is 16.8 Å². The minimum absolute atomic E-state index is 0. The average Bonchev–Trinajstić information content (AvgIpc) is 2.99. The Morgan fingerprint density at radius 2 is 2.08 bits per heavy atom. The summed E-state index contributed by atoms with van der Waals surface area (Å²) >= 11 is 0. The maximum Gasteiger partial charge on any atom is 0.310 e. The number of nitrogens with one attached hydrogen (secondary N) is 1. The number of nitrogens with zero attached hydrogens (tertiary/aromatic N) is 2. The van der Waals surface area contributed by atoms with Crippen LogP contribution in [0.3, 0.4) is 0 Å². The van der Waals surface area contributed by atoms with E-state index in [0.29, 0.717) is 31.2 Å². The summed E-state index contributed by atoms with van der Waals surface area (Å²) in [5.74, 6) is 0.0843. The molecule has 1 aromatic rings. The van der Waals surface area contributed by atoms with Gasteiger partial charge in [0.25, 0.3) is 0 Å². The predicted molar refractivity (Wildman–Crippen MR) is 109 cm³/mol. The highest BCUT2D eigenvalue weighted by Crippen LogP contribution is 2.24. The molecule has 8 heteroatoms. The summed E-state index contributed by atoms with van der Waals surface area (Å²) in [7, 11) is 1.40. The molecular weight excluding hydrogens is 452 g/mol. The van der Waals surface area contributed by atoms with E-state index in [0.717, 1.165) is 0 Å². The molecule has 3 unspecified atom stereocenters. The van der Waals surface area contributed by atoms with Gasteiger partial charge >= 0.3 is 5.97 Å². The summed E-state index contributed by atoms with van der Waals surface area (Å²) in [4.78, 5) is 18.3. The summed E-state index contributed by atoms with van der Waals surface area (Å²) in [6.45, 7) is 6.03. The van der Waals surface area contributed by atoms with Crippen LogP contribution >= 0.6 is 24.0 Å². The molecule has 1 aliphatic heterocycles. The first-order valence-corrected chi connectivity index (χ1v) is 8.50. The van der Waals surface area contributed by atoms with Crippen molar-refractivity contribution >= 4 is 35.9 Å². The second kappa shape index (κ2) is 10.7. The van der Waals surface area contributed by atoms with Crippen LogP contribution in [0.25, 0.3) is 0 Å². The largest absolute Gasteiger partial charge is 0.469 e. The number of benzene rings is 1. The summed E-state index contributed by atoms with van der Waals surface area (Å²) in [6, 6.07) is 5.73. The minimum Gasteiger partial charge on any atom is -0.469 e. The Morgan fingerprint density at radius 1 is 1.42 bits per heavy atom. The van der Waals surface area contributed by atoms with Gasteiger partial charge in [0, 0.05) is 19.6 Å². The number of aliphatic hydroxyl groups is 1. The van der Waals surface area contributed by atoms with Gasteiger partial charge in [0.2, 0.25) is 0 Å². The van der Waals surface area contributed by atoms with E-state index in [1.165, 1.54) is 19.2 Å². The first-order chi connectivity index (χ1) is 12.0. The van der Waals surface area contributed by atoms with Crippen molar-refractivity contribution in [2.45, 2.75) is 20.0 Å². The van der Waals surface area contributed by atoms with Crippen LogP contribution < -0.4 is 5.32 Å². The fraction of sp³-hybridized carbons (Fsp3) is 0.556. The SMILES string of the molecule is CCNC(=NCC(O)c1ccc(F)cc1)N1CC(C)C(C(=O)OC)C1.I. The Morgan fingerprint density at radius 3 is 2.65 bits per heavy atom. The number of hydrogen-bond donors (Lipinski definition) is 2. The molecule has 2 N–H and O–H groups in total. The summed E-state index contributed by atoms with van der Waals surface area (Å²) in [5, 5.41) is 13.4. The Hall–Kier alpha value is -1.42. The first kappa shape index (κ1) is 22.6. The van der Waals surface area contributed by atoms with E-state index in [9.17, 15) is 14.3 Å². The standard InChI is InChI=1S/C18H26FN3O3.HI/c1-4-20-18(22-10-12(2)15(11-22)17(24)25-3)21-9-16(23)13-5-7-14(19)8-6-13;/h5-8,12,15-16,23H,4,9-11H2,1-3H3,(H,20,21);1H. The molecule has 0 aromatic heterocycles. The van der Waals surface area contributed by atoms with E-state index in [1.54, 1.807) is 12.1 Å². The molecule has 3 atom stereocenters. The summed E-state index contributed by atoms with van der Waals surface area (Å²) in [6.07, 6.45) is -0.814. The maximum absolute atomic E-state index is 13.0. The highest BCUT2D eigenvalue weighted by molar-refractivity contribution is 14.0. The zero-order chi connectivity index (χ0) is 18.4. The van der Waals surface area contributed by atoms with Crippen molar-refractivity contribution < 1.29 is 19.0 Å². The van der Waals surface area contributed by atoms with Gasteiger partial charge in [-0.2, -0.15) is 0 Å². The molecule has 0 bridgehead atoms. The van der Waals surface area contributed by atoms with Gasteiger partial charge in [-0.1, -0.05) is 19.1 Å². The number of ether oxygens (including phenoxy) is 1. The van der Waals surface area contributed by atoms with E-state index in [4.69, 9.17) is 4.74 Å². The van der Waals surface area contributed by atoms with Crippen molar-refractivity contribution in [3.05, 3.63) is 35.6 Å². The van der Waals surface area contributed by atoms with Crippen LogP contribution in [-0.4, -0.2) is 55.2 Å². The molecule has 146 valence electrons. The number of carbonyl (C=O) groups is 1. The molecule has 6 nitrogen and oxygen atoms in total. The highest BCUT2D eigenvalue weighted by atomic mass is 127. The molecule has 0 aliphatic carbocycles. The highest BCUT2D eigenvalue weighted by Gasteiger charge is 2.36. The molecule has 0 amide bonds. The van der Waals surface area contributed by atoms with Gasteiger partial charge in [-0.3, -0.25) is 9.79 Å². The van der Waals surface area contributed by atoms with Crippen molar-refractivity contribution in [1.82, 2.24) is 10.2 Å². The summed E-state index contributed by atoms with van der Waals surface area (Å²) in [5.41, 5.74) is 0.614. The number of hydrogen-bond acceptors (Lipinski definition) is 4. The monoisotopic (exact) mass is 479 g/mol. The van der Waals surface area contributed by atoms with E-state index in [1.807, 2.05) is 18.7 Å². The topological polar surface area (TPSA) is 74.2 Å². The Bertz CT molecular complexity index is 612. The van der Waals surface area contributed by atoms with Crippen LogP contribution in [0.2, 0.25) is 0 Å². The fourth-order valence-electron chi connectivity index (χ4n) is 2.99. The third-order valence-electron chi connectivity index (χ3n) is 4.42. The first-order valence-electron chi connectivity index (χ1n) is 8.50. The summed E-state index contributed by atoms with van der Waals surface area (Å²) < 4.78 is 17.8. The molecule has 1 saturated heterocycles. The van der Waals surface area contributed by atoms with E-state index in [-0.39, 0.29) is 54.1 Å². The van der Waals surface area contributed by atoms with Gasteiger partial charge in [0.1, 0.15) is 5.82 Å². The number of aliphatic hydroxyl groups excluding tert-OH is 1. The molecule has 1 heterocycles. The van der Waals surface area contributed by atoms with E-state index < -0.39 is 6.10 Å². The molecule has 0 radical (unpaired) electrons. The van der Waals surface area contributed by atoms with Crippen LogP contribution in [0.4, 0.5) is 4.39 Å². The lowest BCUT2D eigenvalue weighted by Crippen LogP contribution is -2.41. The van der Waals surface area contributed by atoms with Gasteiger partial charge in [-0.05, 0) is 30.5 Å². The van der Waals surface area contributed by atoms with Gasteiger partial charge in [-0.15, -0.1) is 24.0 Å². The number of rotatable bonds is 5. The van der Waals surface area contributed by atoms with Crippen molar-refractivity contribution in [3.8, 4) is 0 Å². The quantitative estimate of drug-likeness (QED) is 0.293. The molecule has 1 fully saturated rings. The van der Waals surface area contributed by atoms with E-state index in [2.05, 4.69) is 10.3 Å². The second-order valence-electron chi connectivity index (χ2n) is 6.27. The van der Waals surface area contributed by atoms with Crippen LogP contribution in [-0.2, 0) is 9.53 Å². The normalized spacial score (nSPS) is 21.1. The molecule has 2 rings (SSSR count). The van der Waals surface area contributed by atoms with Crippen molar-refractivity contribution in [2.75, 3.05) is 33.3 Å². The smallest absolute Gasteiger partial charge is 0.310 e. The van der Waals surface area contributed by atoms with Gasteiger partial charge in [0.05, 0.1) is 25.7 Å². The molecule has 0 spiro atoms. The van der Waals surface area contributed by atoms with Crippen molar-refractivity contribution in [3.63, 3.8) is 0 Å². The second-order valence-corrected chi connectivity index (χ2v) is 6.27. The number of halogens is 2. The number of guanidine groups is 1. The molecule has 26 heavy (non-hydrogen) atoms. The van der Waals surface area contributed by atoms with Crippen LogP contribution in [0.5, 0.6) is 0 Å². The van der Waals surface area contributed by atoms with Gasteiger partial charge in [-0.25, -0.2) is 4.39 Å². The Balaban J connectivity index is 0.00000338. The van der Waals surface area contributed by atoms with Crippen molar-refractivity contribution in [1.29, 1.82) is 0 Å². The van der Waals surface area contributed by atoms with Crippen LogP contribution in [0.1, 0.15) is 25.5 Å². The molecule has 1 aliphatic rings. The lowest BCUT2D eigenvalue weighted by molar-refractivity contribution is -0.145. The lowest BCUT2D eigenvalue weighted by atomic mass is 9.99. The zero-order valence-corrected chi connectivity index (χ0v) is 17.6. The molecular formula is C18H27FIN3O3. The maximum atomic E-state index is 13.0. The fourth-order valence-corrected chi connectivity index (χ4v) is 2.99. The minimum atomic E-state index is -0.814. The third kappa shape index (κ3) is 5.80. The Kier molecular flexibility index (Phi) is 9.28. The lowest BCUT2D eigenvalue weighted by Gasteiger charge is -2.22. The van der Waals surface area contributed by atoms with Crippen LogP contribution in [0, 0.1) is 17.7 Å². The molecule has 0 saturated carbocycles. The number of likely N-dealkylation sites (tertiary alicyclic amines) is 1. The van der Waals surface area contributed by atoms with Gasteiger partial charge in [0.15, 0.2) is 5.96 Å². The molecule has 1 aromatic carbocycles. The zero-order valence-electron chi connectivity index (χ0n) is 15.3. The number of esters is 1. The number of methoxy groups -OCH3 is 1. The van der Waals surface area contributed by atoms with Gasteiger partial charge < -0.3 is 20.1 Å². The Labute approximate surface area is 170 Å². The van der Waals surface area contributed by atoms with E-state index >= 15 is 0 Å². The average molecular weight is 479 g/mol. The van der Waals surface area contributed by atoms with Crippen LogP contribution in [0.15, 0.2) is 29.3 Å².